The molecule has 1 aliphatic heterocycles. The summed E-state index contributed by atoms with van der Waals surface area (Å²) in [5.41, 5.74) is 5.27. The molecule has 0 radical (unpaired) electrons. The van der Waals surface area contributed by atoms with Gasteiger partial charge in [-0.05, 0) is 6.92 Å². The first-order chi connectivity index (χ1) is 4.01. The van der Waals surface area contributed by atoms with Crippen LogP contribution in [-0.4, -0.2) is 34.7 Å². The fourth-order valence-corrected chi connectivity index (χ4v) is 0.961. The van der Waals surface area contributed by atoms with Crippen molar-refractivity contribution in [3.05, 3.63) is 0 Å². The smallest absolute Gasteiger partial charge is 0.407 e. The van der Waals surface area contributed by atoms with Crippen molar-refractivity contribution in [1.29, 1.82) is 0 Å². The van der Waals surface area contributed by atoms with Gasteiger partial charge in [0.1, 0.15) is 0 Å². The third-order valence-electron chi connectivity index (χ3n) is 1.37. The lowest BCUT2D eigenvalue weighted by Gasteiger charge is -2.43. The number of nitrogens with zero attached hydrogens (tertiary/aromatic N) is 1. The lowest BCUT2D eigenvalue weighted by Crippen LogP contribution is -2.66. The third kappa shape index (κ3) is 1.13. The van der Waals surface area contributed by atoms with E-state index in [0.29, 0.717) is 13.1 Å². The highest BCUT2D eigenvalue weighted by Crippen LogP contribution is 2.16. The molecular weight excluding hydrogens is 120 g/mol. The van der Waals surface area contributed by atoms with Crippen LogP contribution >= 0.6 is 0 Å². The zero-order valence-corrected chi connectivity index (χ0v) is 5.29. The van der Waals surface area contributed by atoms with E-state index in [1.807, 2.05) is 6.92 Å². The van der Waals surface area contributed by atoms with Gasteiger partial charge in [0.05, 0.1) is 0 Å². The van der Waals surface area contributed by atoms with Crippen molar-refractivity contribution >= 4 is 6.09 Å². The fourth-order valence-electron chi connectivity index (χ4n) is 0.961. The van der Waals surface area contributed by atoms with Gasteiger partial charge in [0, 0.05) is 18.6 Å². The molecule has 0 aromatic heterocycles. The Morgan fingerprint density at radius 3 is 2.33 bits per heavy atom. The van der Waals surface area contributed by atoms with E-state index in [0.717, 1.165) is 0 Å². The number of carbonyl (C=O) groups is 1. The van der Waals surface area contributed by atoms with Crippen LogP contribution in [-0.2, 0) is 0 Å². The molecule has 0 atom stereocenters. The van der Waals surface area contributed by atoms with Crippen LogP contribution in [0.1, 0.15) is 6.92 Å². The largest absolute Gasteiger partial charge is 0.465 e. The quantitative estimate of drug-likeness (QED) is 0.473. The summed E-state index contributed by atoms with van der Waals surface area (Å²) < 4.78 is 0. The average Bonchev–Trinajstić information content (AvgIpc) is 1.59. The van der Waals surface area contributed by atoms with Crippen molar-refractivity contribution in [2.45, 2.75) is 12.5 Å². The number of carboxylic acid groups (broad SMARTS) is 1. The molecule has 1 saturated heterocycles. The maximum absolute atomic E-state index is 10.1. The van der Waals surface area contributed by atoms with Gasteiger partial charge in [-0.25, -0.2) is 4.79 Å². The number of nitrogens with two attached hydrogens (primary N) is 1. The molecule has 0 unspecified atom stereocenters. The molecule has 1 aliphatic rings. The predicted molar refractivity (Wildman–Crippen MR) is 32.2 cm³/mol. The monoisotopic (exact) mass is 130 g/mol. The van der Waals surface area contributed by atoms with Gasteiger partial charge in [-0.2, -0.15) is 0 Å². The molecule has 0 aliphatic carbocycles. The first-order valence-electron chi connectivity index (χ1n) is 2.78. The van der Waals surface area contributed by atoms with Crippen molar-refractivity contribution in [1.82, 2.24) is 4.90 Å². The topological polar surface area (TPSA) is 66.6 Å². The van der Waals surface area contributed by atoms with E-state index in [1.54, 1.807) is 0 Å². The Hall–Kier alpha value is -0.770. The SMILES string of the molecule is CC1(N)CN(C(=O)O)C1. The van der Waals surface area contributed by atoms with E-state index < -0.39 is 6.09 Å². The van der Waals surface area contributed by atoms with Crippen LogP contribution < -0.4 is 5.73 Å². The van der Waals surface area contributed by atoms with Gasteiger partial charge in [-0.15, -0.1) is 0 Å². The lowest BCUT2D eigenvalue weighted by atomic mass is 9.95. The molecule has 0 spiro atoms. The molecule has 1 rings (SSSR count). The molecule has 52 valence electrons. The third-order valence-corrected chi connectivity index (χ3v) is 1.37. The maximum atomic E-state index is 10.1. The number of amides is 1. The maximum Gasteiger partial charge on any atom is 0.407 e. The first-order valence-corrected chi connectivity index (χ1v) is 2.78. The van der Waals surface area contributed by atoms with Crippen LogP contribution in [0.4, 0.5) is 4.79 Å². The molecule has 0 aromatic carbocycles. The Balaban J connectivity index is 2.35. The van der Waals surface area contributed by atoms with E-state index in [4.69, 9.17) is 10.8 Å². The minimum absolute atomic E-state index is 0.279. The number of hydrogen-bond acceptors (Lipinski definition) is 2. The van der Waals surface area contributed by atoms with Crippen LogP contribution in [0, 0.1) is 0 Å². The summed E-state index contributed by atoms with van der Waals surface area (Å²) in [7, 11) is 0. The van der Waals surface area contributed by atoms with Crippen LogP contribution in [0.2, 0.25) is 0 Å². The Morgan fingerprint density at radius 2 is 2.22 bits per heavy atom. The summed E-state index contributed by atoms with van der Waals surface area (Å²) in [5, 5.41) is 8.34. The second kappa shape index (κ2) is 1.60. The van der Waals surface area contributed by atoms with E-state index in [1.165, 1.54) is 4.90 Å². The molecule has 9 heavy (non-hydrogen) atoms. The molecule has 4 heteroatoms. The standard InChI is InChI=1S/C5H10N2O2/c1-5(6)2-7(3-5)4(8)9/h2-3,6H2,1H3,(H,8,9). The van der Waals surface area contributed by atoms with Gasteiger partial charge < -0.3 is 15.7 Å². The van der Waals surface area contributed by atoms with E-state index >= 15 is 0 Å². The Kier molecular flexibility index (Phi) is 1.13. The Bertz CT molecular complexity index is 136. The molecule has 1 fully saturated rings. The summed E-state index contributed by atoms with van der Waals surface area (Å²) in [5.74, 6) is 0. The number of likely N-dealkylation sites (tertiary alicyclic amines) is 1. The van der Waals surface area contributed by atoms with E-state index in [-0.39, 0.29) is 5.54 Å². The second-order valence-corrected chi connectivity index (χ2v) is 2.79. The highest BCUT2D eigenvalue weighted by atomic mass is 16.4. The predicted octanol–water partition coefficient (Wildman–Crippen LogP) is -0.303. The summed E-state index contributed by atoms with van der Waals surface area (Å²) in [6.45, 7) is 2.76. The van der Waals surface area contributed by atoms with E-state index in [2.05, 4.69) is 0 Å². The average molecular weight is 130 g/mol. The van der Waals surface area contributed by atoms with Crippen molar-refractivity contribution in [3.63, 3.8) is 0 Å². The Morgan fingerprint density at radius 1 is 1.78 bits per heavy atom. The minimum Gasteiger partial charge on any atom is -0.465 e. The summed E-state index contributed by atoms with van der Waals surface area (Å²) in [6.07, 6.45) is -0.877. The fraction of sp³-hybridized carbons (Fsp3) is 0.800. The van der Waals surface area contributed by atoms with Crippen LogP contribution in [0.25, 0.3) is 0 Å². The van der Waals surface area contributed by atoms with Crippen molar-refractivity contribution < 1.29 is 9.90 Å². The van der Waals surface area contributed by atoms with Crippen LogP contribution in [0.5, 0.6) is 0 Å². The van der Waals surface area contributed by atoms with Crippen LogP contribution in [0.3, 0.4) is 0 Å². The number of hydrogen-bond donors (Lipinski definition) is 2. The van der Waals surface area contributed by atoms with Crippen LogP contribution in [0.15, 0.2) is 0 Å². The molecular formula is C5H10N2O2. The zero-order valence-electron chi connectivity index (χ0n) is 5.29. The Labute approximate surface area is 53.2 Å². The highest BCUT2D eigenvalue weighted by Gasteiger charge is 2.37. The highest BCUT2D eigenvalue weighted by molar-refractivity contribution is 5.66. The van der Waals surface area contributed by atoms with Gasteiger partial charge in [-0.3, -0.25) is 0 Å². The molecule has 0 saturated carbocycles. The molecule has 1 amide bonds. The minimum atomic E-state index is -0.877. The molecule has 3 N–H and O–H groups in total. The first kappa shape index (κ1) is 6.35. The summed E-state index contributed by atoms with van der Waals surface area (Å²) in [4.78, 5) is 11.4. The second-order valence-electron chi connectivity index (χ2n) is 2.79. The molecule has 0 bridgehead atoms. The van der Waals surface area contributed by atoms with Gasteiger partial charge in [-0.1, -0.05) is 0 Å². The normalized spacial score (nSPS) is 23.1. The van der Waals surface area contributed by atoms with Crippen molar-refractivity contribution in [3.8, 4) is 0 Å². The van der Waals surface area contributed by atoms with E-state index in [9.17, 15) is 4.79 Å². The van der Waals surface area contributed by atoms with Crippen molar-refractivity contribution in [2.24, 2.45) is 5.73 Å². The van der Waals surface area contributed by atoms with Crippen molar-refractivity contribution in [2.75, 3.05) is 13.1 Å². The molecule has 4 nitrogen and oxygen atoms in total. The number of rotatable bonds is 0. The van der Waals surface area contributed by atoms with Gasteiger partial charge in [0.15, 0.2) is 0 Å². The van der Waals surface area contributed by atoms with Gasteiger partial charge in [0.25, 0.3) is 0 Å². The molecule has 0 aromatic rings. The zero-order chi connectivity index (χ0) is 7.07. The van der Waals surface area contributed by atoms with Gasteiger partial charge >= 0.3 is 6.09 Å². The summed E-state index contributed by atoms with van der Waals surface area (Å²) >= 11 is 0. The molecule has 1 heterocycles. The summed E-state index contributed by atoms with van der Waals surface area (Å²) in [6, 6.07) is 0. The van der Waals surface area contributed by atoms with Gasteiger partial charge in [0.2, 0.25) is 0 Å². The lowest BCUT2D eigenvalue weighted by molar-refractivity contribution is 0.0720.